The van der Waals surface area contributed by atoms with Gasteiger partial charge in [0.15, 0.2) is 11.5 Å². The fourth-order valence-electron chi connectivity index (χ4n) is 3.03. The number of nitrogens with zero attached hydrogens (tertiary/aromatic N) is 1. The lowest BCUT2D eigenvalue weighted by Gasteiger charge is -2.16. The number of carbonyl (C=O) groups is 1. The number of aromatic nitrogens is 2. The SMILES string of the molecule is COc1ccc2c(Nc3c(Cl)cncc3Cl)cc(=O)[nH]c2c1OCCCCCC=O. The number of H-pyrrole nitrogens is 1. The Balaban J connectivity index is 1.96. The molecule has 0 fully saturated rings. The first-order chi connectivity index (χ1) is 14.5. The predicted molar refractivity (Wildman–Crippen MR) is 119 cm³/mol. The maximum atomic E-state index is 12.4. The molecule has 30 heavy (non-hydrogen) atoms. The zero-order valence-corrected chi connectivity index (χ0v) is 17.8. The van der Waals surface area contributed by atoms with Gasteiger partial charge in [0.25, 0.3) is 5.56 Å². The second-order valence-electron chi connectivity index (χ2n) is 6.53. The number of aldehydes is 1. The maximum absolute atomic E-state index is 12.4. The zero-order chi connectivity index (χ0) is 21.5. The first kappa shape index (κ1) is 21.9. The first-order valence-electron chi connectivity index (χ1n) is 9.41. The maximum Gasteiger partial charge on any atom is 0.250 e. The molecule has 0 aliphatic heterocycles. The number of hydrogen-bond donors (Lipinski definition) is 2. The molecule has 0 saturated heterocycles. The Hall–Kier alpha value is -2.77. The van der Waals surface area contributed by atoms with Crippen molar-refractivity contribution < 1.29 is 14.3 Å². The normalized spacial score (nSPS) is 10.8. The third-order valence-corrected chi connectivity index (χ3v) is 5.05. The first-order valence-corrected chi connectivity index (χ1v) is 10.2. The van der Waals surface area contributed by atoms with E-state index in [9.17, 15) is 9.59 Å². The van der Waals surface area contributed by atoms with Crippen LogP contribution in [0.4, 0.5) is 11.4 Å². The summed E-state index contributed by atoms with van der Waals surface area (Å²) in [4.78, 5) is 29.5. The third kappa shape index (κ3) is 5.04. The van der Waals surface area contributed by atoms with Crippen LogP contribution in [-0.2, 0) is 4.79 Å². The van der Waals surface area contributed by atoms with Crippen LogP contribution < -0.4 is 20.3 Å². The smallest absolute Gasteiger partial charge is 0.250 e. The highest BCUT2D eigenvalue weighted by molar-refractivity contribution is 6.39. The number of halogens is 2. The molecule has 0 amide bonds. The van der Waals surface area contributed by atoms with Crippen LogP contribution in [0.25, 0.3) is 10.9 Å². The molecule has 3 aromatic rings. The Morgan fingerprint density at radius 3 is 2.63 bits per heavy atom. The summed E-state index contributed by atoms with van der Waals surface area (Å²) in [6.45, 7) is 0.427. The highest BCUT2D eigenvalue weighted by Gasteiger charge is 2.16. The van der Waals surface area contributed by atoms with Crippen molar-refractivity contribution in [2.75, 3.05) is 19.0 Å². The van der Waals surface area contributed by atoms with Gasteiger partial charge in [-0.2, -0.15) is 0 Å². The van der Waals surface area contributed by atoms with Crippen molar-refractivity contribution >= 4 is 51.8 Å². The van der Waals surface area contributed by atoms with Crippen molar-refractivity contribution in [3.8, 4) is 11.5 Å². The predicted octanol–water partition coefficient (Wildman–Crippen LogP) is 5.12. The van der Waals surface area contributed by atoms with Gasteiger partial charge in [0.2, 0.25) is 0 Å². The number of fused-ring (bicyclic) bond motifs is 1. The highest BCUT2D eigenvalue weighted by Crippen LogP contribution is 2.39. The average molecular weight is 450 g/mol. The molecule has 0 bridgehead atoms. The fraction of sp³-hybridized carbons (Fsp3) is 0.286. The van der Waals surface area contributed by atoms with E-state index in [1.54, 1.807) is 6.07 Å². The van der Waals surface area contributed by atoms with Gasteiger partial charge in [-0.15, -0.1) is 0 Å². The molecule has 158 valence electrons. The Kier molecular flexibility index (Phi) is 7.54. The second kappa shape index (κ2) is 10.3. The van der Waals surface area contributed by atoms with Crippen molar-refractivity contribution in [1.29, 1.82) is 0 Å². The van der Waals surface area contributed by atoms with Crippen molar-refractivity contribution in [2.24, 2.45) is 0 Å². The Bertz CT molecular complexity index is 1080. The van der Waals surface area contributed by atoms with Crippen molar-refractivity contribution in [3.05, 3.63) is 51.0 Å². The molecule has 1 aromatic carbocycles. The van der Waals surface area contributed by atoms with E-state index in [2.05, 4.69) is 15.3 Å². The van der Waals surface area contributed by atoms with Crippen LogP contribution in [0.2, 0.25) is 10.0 Å². The van der Waals surface area contributed by atoms with Crippen molar-refractivity contribution in [3.63, 3.8) is 0 Å². The van der Waals surface area contributed by atoms with Gasteiger partial charge in [-0.05, 0) is 31.4 Å². The molecule has 0 aliphatic rings. The quantitative estimate of drug-likeness (QED) is 0.329. The van der Waals surface area contributed by atoms with E-state index in [0.717, 1.165) is 25.5 Å². The number of rotatable bonds is 10. The number of methoxy groups -OCH3 is 1. The monoisotopic (exact) mass is 449 g/mol. The molecule has 3 rings (SSSR count). The van der Waals surface area contributed by atoms with E-state index in [1.807, 2.05) is 6.07 Å². The van der Waals surface area contributed by atoms with Crippen molar-refractivity contribution in [2.45, 2.75) is 25.7 Å². The lowest BCUT2D eigenvalue weighted by molar-refractivity contribution is -0.107. The molecule has 7 nitrogen and oxygen atoms in total. The second-order valence-corrected chi connectivity index (χ2v) is 7.35. The van der Waals surface area contributed by atoms with Gasteiger partial charge < -0.3 is 24.6 Å². The molecule has 0 radical (unpaired) electrons. The number of nitrogens with one attached hydrogen (secondary N) is 2. The number of ether oxygens (including phenoxy) is 2. The van der Waals surface area contributed by atoms with E-state index >= 15 is 0 Å². The summed E-state index contributed by atoms with van der Waals surface area (Å²) in [5.74, 6) is 0.946. The molecule has 0 saturated carbocycles. The van der Waals surface area contributed by atoms with Gasteiger partial charge >= 0.3 is 0 Å². The Labute approximate surface area is 183 Å². The van der Waals surface area contributed by atoms with Crippen LogP contribution in [0.3, 0.4) is 0 Å². The fourth-order valence-corrected chi connectivity index (χ4v) is 3.49. The van der Waals surface area contributed by atoms with Crippen LogP contribution in [0, 0.1) is 0 Å². The number of benzene rings is 1. The summed E-state index contributed by atoms with van der Waals surface area (Å²) >= 11 is 12.4. The molecule has 9 heteroatoms. The Morgan fingerprint density at radius 1 is 1.17 bits per heavy atom. The van der Waals surface area contributed by atoms with Gasteiger partial charge in [0.1, 0.15) is 6.29 Å². The molecule has 2 N–H and O–H groups in total. The van der Waals surface area contributed by atoms with Crippen LogP contribution in [-0.4, -0.2) is 30.0 Å². The van der Waals surface area contributed by atoms with Crippen LogP contribution in [0.1, 0.15) is 25.7 Å². The van der Waals surface area contributed by atoms with Gasteiger partial charge in [0.05, 0.1) is 40.7 Å². The lowest BCUT2D eigenvalue weighted by atomic mass is 10.1. The molecule has 0 aliphatic carbocycles. The summed E-state index contributed by atoms with van der Waals surface area (Å²) in [5.41, 5.74) is 1.14. The number of pyridine rings is 2. The molecule has 0 atom stereocenters. The largest absolute Gasteiger partial charge is 0.493 e. The standard InChI is InChI=1S/C21H21Cl2N3O4/c1-29-17-7-6-13-16(25-20-14(22)11-24-12-15(20)23)10-18(28)26-19(13)21(17)30-9-5-3-2-4-8-27/h6-8,10-12H,2-5,9H2,1H3,(H2,24,25,26,28). The highest BCUT2D eigenvalue weighted by atomic mass is 35.5. The molecule has 2 aromatic heterocycles. The zero-order valence-electron chi connectivity index (χ0n) is 16.3. The summed E-state index contributed by atoms with van der Waals surface area (Å²) in [6.07, 6.45) is 6.85. The minimum Gasteiger partial charge on any atom is -0.493 e. The van der Waals surface area contributed by atoms with E-state index in [1.165, 1.54) is 25.6 Å². The van der Waals surface area contributed by atoms with E-state index in [4.69, 9.17) is 32.7 Å². The van der Waals surface area contributed by atoms with E-state index < -0.39 is 0 Å². The number of aromatic amines is 1. The topological polar surface area (TPSA) is 93.3 Å². The lowest BCUT2D eigenvalue weighted by Crippen LogP contribution is -2.09. The number of anilines is 2. The third-order valence-electron chi connectivity index (χ3n) is 4.48. The van der Waals surface area contributed by atoms with Gasteiger partial charge in [-0.25, -0.2) is 0 Å². The number of carbonyl (C=O) groups excluding carboxylic acids is 1. The van der Waals surface area contributed by atoms with Gasteiger partial charge in [-0.1, -0.05) is 23.2 Å². The summed E-state index contributed by atoms with van der Waals surface area (Å²) < 4.78 is 11.4. The Morgan fingerprint density at radius 2 is 1.93 bits per heavy atom. The van der Waals surface area contributed by atoms with Gasteiger partial charge in [0, 0.05) is 30.3 Å². The average Bonchev–Trinajstić information content (AvgIpc) is 2.73. The van der Waals surface area contributed by atoms with Crippen LogP contribution in [0.5, 0.6) is 11.5 Å². The molecule has 0 unspecified atom stereocenters. The van der Waals surface area contributed by atoms with Crippen molar-refractivity contribution in [1.82, 2.24) is 9.97 Å². The minimum absolute atomic E-state index is 0.324. The van der Waals surface area contributed by atoms with Crippen LogP contribution >= 0.6 is 23.2 Å². The molecular weight excluding hydrogens is 429 g/mol. The summed E-state index contributed by atoms with van der Waals surface area (Å²) in [7, 11) is 1.54. The minimum atomic E-state index is -0.324. The van der Waals surface area contributed by atoms with E-state index in [-0.39, 0.29) is 5.56 Å². The summed E-state index contributed by atoms with van der Waals surface area (Å²) in [6, 6.07) is 5.00. The van der Waals surface area contributed by atoms with Gasteiger partial charge in [-0.3, -0.25) is 9.78 Å². The molecule has 2 heterocycles. The molecular formula is C21H21Cl2N3O4. The van der Waals surface area contributed by atoms with E-state index in [0.29, 0.717) is 56.8 Å². The summed E-state index contributed by atoms with van der Waals surface area (Å²) in [5, 5.41) is 4.49. The molecule has 0 spiro atoms. The number of unbranched alkanes of at least 4 members (excludes halogenated alkanes) is 3. The van der Waals surface area contributed by atoms with Crippen LogP contribution in [0.15, 0.2) is 35.4 Å². The number of hydrogen-bond acceptors (Lipinski definition) is 6.